The van der Waals surface area contributed by atoms with Gasteiger partial charge in [0.1, 0.15) is 0 Å². The first-order valence-electron chi connectivity index (χ1n) is 20.4. The molecule has 9 aromatic carbocycles. The fourth-order valence-corrected chi connectivity index (χ4v) is 13.2. The molecule has 13 rings (SSSR count). The molecule has 4 aliphatic heterocycles. The number of anilines is 9. The minimum Gasteiger partial charge on any atom is -0.311 e. The molecule has 0 fully saturated rings. The average molecular weight is 768 g/mol. The molecule has 0 radical (unpaired) electrons. The maximum atomic E-state index is 2.64. The zero-order chi connectivity index (χ0) is 38.6. The van der Waals surface area contributed by atoms with Gasteiger partial charge in [-0.25, -0.2) is 0 Å². The molecule has 0 bridgehead atoms. The summed E-state index contributed by atoms with van der Waals surface area (Å²) in [5.41, 5.74) is 20.0. The normalized spacial score (nSPS) is 14.8. The third-order valence-electron chi connectivity index (χ3n) is 12.6. The van der Waals surface area contributed by atoms with Crippen molar-refractivity contribution in [1.82, 2.24) is 0 Å². The molecular formula is C54H35BN3P. The van der Waals surface area contributed by atoms with E-state index in [1.54, 1.807) is 0 Å². The Morgan fingerprint density at radius 2 is 0.797 bits per heavy atom. The lowest BCUT2D eigenvalue weighted by Gasteiger charge is -2.51. The Kier molecular flexibility index (Phi) is 7.08. The van der Waals surface area contributed by atoms with Crippen LogP contribution in [-0.2, 0) is 0 Å². The summed E-state index contributed by atoms with van der Waals surface area (Å²) in [6.45, 7) is 0.0677. The van der Waals surface area contributed by atoms with Crippen molar-refractivity contribution < 1.29 is 0 Å². The SMILES string of the molecule is c1ccc(-c2cccc(-c3ccccc3)c2N2c3ccccc3P3c4ccccc4N4c5ccccc5B5c6ccccc6N(c6ccccc6)c6cc2c3c4c65)cc1. The summed E-state index contributed by atoms with van der Waals surface area (Å²) in [5, 5.41) is 4.20. The van der Waals surface area contributed by atoms with Gasteiger partial charge >= 0.3 is 0 Å². The van der Waals surface area contributed by atoms with E-state index in [4.69, 9.17) is 0 Å². The number of fused-ring (bicyclic) bond motifs is 10. The quantitative estimate of drug-likeness (QED) is 0.130. The van der Waals surface area contributed by atoms with E-state index in [1.807, 2.05) is 0 Å². The van der Waals surface area contributed by atoms with Crippen molar-refractivity contribution in [3.8, 4) is 22.3 Å². The van der Waals surface area contributed by atoms with E-state index >= 15 is 0 Å². The van der Waals surface area contributed by atoms with Crippen LogP contribution in [0.3, 0.4) is 0 Å². The van der Waals surface area contributed by atoms with E-state index < -0.39 is 7.92 Å². The van der Waals surface area contributed by atoms with E-state index in [0.29, 0.717) is 0 Å². The van der Waals surface area contributed by atoms with Crippen LogP contribution in [0.1, 0.15) is 0 Å². The summed E-state index contributed by atoms with van der Waals surface area (Å²) in [6, 6.07) is 79.0. The Bertz CT molecular complexity index is 3070. The fourth-order valence-electron chi connectivity index (χ4n) is 10.3. The van der Waals surface area contributed by atoms with Crippen LogP contribution in [0.15, 0.2) is 212 Å². The highest BCUT2D eigenvalue weighted by Crippen LogP contribution is 2.60. The van der Waals surface area contributed by atoms with Gasteiger partial charge in [0.2, 0.25) is 0 Å². The second-order valence-electron chi connectivity index (χ2n) is 15.7. The third-order valence-corrected chi connectivity index (χ3v) is 15.2. The lowest BCUT2D eigenvalue weighted by molar-refractivity contribution is 1.23. The number of benzene rings is 9. The summed E-state index contributed by atoms with van der Waals surface area (Å²) in [4.78, 5) is 7.80. The van der Waals surface area contributed by atoms with Crippen LogP contribution >= 0.6 is 7.92 Å². The highest BCUT2D eigenvalue weighted by Gasteiger charge is 2.50. The van der Waals surface area contributed by atoms with E-state index in [0.717, 1.165) is 5.69 Å². The van der Waals surface area contributed by atoms with Gasteiger partial charge < -0.3 is 14.7 Å². The van der Waals surface area contributed by atoms with Gasteiger partial charge in [0.15, 0.2) is 0 Å². The van der Waals surface area contributed by atoms with Crippen LogP contribution in [0.2, 0.25) is 0 Å². The van der Waals surface area contributed by atoms with Crippen molar-refractivity contribution in [2.75, 3.05) is 14.7 Å². The minimum absolute atomic E-state index is 0.0677. The smallest absolute Gasteiger partial charge is 0.252 e. The number of nitrogens with zero attached hydrogens (tertiary/aromatic N) is 3. The van der Waals surface area contributed by atoms with E-state index in [-0.39, 0.29) is 6.71 Å². The first-order chi connectivity index (χ1) is 29.3. The molecule has 0 saturated carbocycles. The van der Waals surface area contributed by atoms with Crippen molar-refractivity contribution in [1.29, 1.82) is 0 Å². The van der Waals surface area contributed by atoms with Crippen molar-refractivity contribution >= 4 is 98.1 Å². The molecule has 0 amide bonds. The van der Waals surface area contributed by atoms with E-state index in [1.165, 1.54) is 100 Å². The standard InChI is InChI=1S/C54H35BN3P/c1-4-19-36(20-5-1)39-25-18-26-40(37-21-6-2-7-22-37)52(39)58-46-32-15-17-34-50(46)59-49-33-16-14-31-45(49)57-44-30-13-11-28-42(44)55-41-27-10-12-29-43(41)56(38-23-8-3-9-24-38)47-35-48(58)54(59)53(57)51(47)55/h1-35H. The molecule has 4 heterocycles. The van der Waals surface area contributed by atoms with Crippen molar-refractivity contribution in [2.45, 2.75) is 0 Å². The molecule has 0 aliphatic carbocycles. The Morgan fingerprint density at radius 3 is 1.37 bits per heavy atom. The Morgan fingerprint density at radius 1 is 0.339 bits per heavy atom. The first kappa shape index (κ1) is 32.9. The molecule has 0 saturated heterocycles. The molecule has 0 spiro atoms. The molecule has 4 aliphatic rings. The number of rotatable bonds is 4. The van der Waals surface area contributed by atoms with E-state index in [9.17, 15) is 0 Å². The number of hydrogen-bond donors (Lipinski definition) is 0. The van der Waals surface area contributed by atoms with Gasteiger partial charge in [0.25, 0.3) is 6.71 Å². The van der Waals surface area contributed by atoms with Crippen LogP contribution in [0.5, 0.6) is 0 Å². The molecule has 0 N–H and O–H groups in total. The molecule has 1 unspecified atom stereocenters. The number of para-hydroxylation sites is 6. The molecule has 9 aromatic rings. The molecule has 3 nitrogen and oxygen atoms in total. The van der Waals surface area contributed by atoms with Crippen molar-refractivity contribution in [2.24, 2.45) is 0 Å². The van der Waals surface area contributed by atoms with Gasteiger partial charge in [-0.2, -0.15) is 0 Å². The maximum Gasteiger partial charge on any atom is 0.252 e. The maximum absolute atomic E-state index is 2.64. The van der Waals surface area contributed by atoms with Crippen LogP contribution in [0.4, 0.5) is 51.2 Å². The van der Waals surface area contributed by atoms with Gasteiger partial charge in [-0.05, 0) is 77.9 Å². The predicted octanol–water partition coefficient (Wildman–Crippen LogP) is 11.0. The Balaban J connectivity index is 1.23. The lowest BCUT2D eigenvalue weighted by atomic mass is 9.33. The minimum atomic E-state index is -0.950. The van der Waals surface area contributed by atoms with Gasteiger partial charge in [-0.3, -0.25) is 0 Å². The van der Waals surface area contributed by atoms with Crippen LogP contribution in [0.25, 0.3) is 22.3 Å². The van der Waals surface area contributed by atoms with Gasteiger partial charge in [-0.1, -0.05) is 170 Å². The first-order valence-corrected chi connectivity index (χ1v) is 21.8. The summed E-state index contributed by atoms with van der Waals surface area (Å²) in [7, 11) is -0.950. The average Bonchev–Trinajstić information content (AvgIpc) is 3.31. The second-order valence-corrected chi connectivity index (χ2v) is 17.7. The Labute approximate surface area is 345 Å². The topological polar surface area (TPSA) is 9.72 Å². The van der Waals surface area contributed by atoms with Crippen molar-refractivity contribution in [3.63, 3.8) is 0 Å². The Hall–Kier alpha value is -7.13. The molecule has 274 valence electrons. The summed E-state index contributed by atoms with van der Waals surface area (Å²) in [6.07, 6.45) is 0. The zero-order valence-electron chi connectivity index (χ0n) is 32.1. The second kappa shape index (κ2) is 12.7. The zero-order valence-corrected chi connectivity index (χ0v) is 33.0. The number of hydrogen-bond acceptors (Lipinski definition) is 3. The van der Waals surface area contributed by atoms with Gasteiger partial charge in [-0.15, -0.1) is 0 Å². The van der Waals surface area contributed by atoms with E-state index in [2.05, 4.69) is 227 Å². The summed E-state index contributed by atoms with van der Waals surface area (Å²) >= 11 is 0. The fraction of sp³-hybridized carbons (Fsp3) is 0. The predicted molar refractivity (Wildman–Crippen MR) is 252 cm³/mol. The van der Waals surface area contributed by atoms with Crippen LogP contribution < -0.4 is 47.0 Å². The lowest BCUT2D eigenvalue weighted by Crippen LogP contribution is -2.63. The molecule has 1 atom stereocenters. The van der Waals surface area contributed by atoms with Gasteiger partial charge in [0, 0.05) is 49.8 Å². The molecular weight excluding hydrogens is 732 g/mol. The molecule has 5 heteroatoms. The third kappa shape index (κ3) is 4.58. The van der Waals surface area contributed by atoms with Crippen LogP contribution in [0, 0.1) is 0 Å². The highest BCUT2D eigenvalue weighted by molar-refractivity contribution is 7.81. The largest absolute Gasteiger partial charge is 0.311 e. The molecule has 59 heavy (non-hydrogen) atoms. The monoisotopic (exact) mass is 767 g/mol. The summed E-state index contributed by atoms with van der Waals surface area (Å²) in [5.74, 6) is 0. The molecule has 0 aromatic heterocycles. The summed E-state index contributed by atoms with van der Waals surface area (Å²) < 4.78 is 0. The highest BCUT2D eigenvalue weighted by atomic mass is 31.1. The van der Waals surface area contributed by atoms with Crippen molar-refractivity contribution in [3.05, 3.63) is 212 Å². The van der Waals surface area contributed by atoms with Gasteiger partial charge in [0.05, 0.1) is 28.4 Å². The van der Waals surface area contributed by atoms with Crippen LogP contribution in [-0.4, -0.2) is 6.71 Å².